The molecule has 0 spiro atoms. The van der Waals surface area contributed by atoms with Crippen molar-refractivity contribution in [3.8, 4) is 0 Å². The Labute approximate surface area is 174 Å². The van der Waals surface area contributed by atoms with Crippen LogP contribution in [0.4, 0.5) is 0 Å². The van der Waals surface area contributed by atoms with Crippen molar-refractivity contribution in [2.45, 2.75) is 43.9 Å². The molecular formula is C21H34N2O5S. The van der Waals surface area contributed by atoms with Gasteiger partial charge in [-0.05, 0) is 42.9 Å². The smallest absolute Gasteiger partial charge is 0.243 e. The molecule has 7 nitrogen and oxygen atoms in total. The molecule has 1 amide bonds. The summed E-state index contributed by atoms with van der Waals surface area (Å²) in [5.41, 5.74) is 1.11. The lowest BCUT2D eigenvalue weighted by Crippen LogP contribution is -2.43. The molecular weight excluding hydrogens is 392 g/mol. The Bertz CT molecular complexity index is 726. The summed E-state index contributed by atoms with van der Waals surface area (Å²) in [7, 11) is -1.88. The van der Waals surface area contributed by atoms with Gasteiger partial charge in [0.25, 0.3) is 0 Å². The minimum atomic E-state index is -3.51. The number of carbonyl (C=O) groups is 1. The zero-order chi connectivity index (χ0) is 21.3. The number of hydrogen-bond donors (Lipinski definition) is 1. The molecule has 0 aliphatic carbocycles. The number of benzene rings is 1. The summed E-state index contributed by atoms with van der Waals surface area (Å²) in [6.45, 7) is 7.15. The van der Waals surface area contributed by atoms with E-state index in [1.165, 1.54) is 4.31 Å². The van der Waals surface area contributed by atoms with Gasteiger partial charge in [-0.1, -0.05) is 26.0 Å². The third kappa shape index (κ3) is 7.06. The van der Waals surface area contributed by atoms with Gasteiger partial charge in [-0.15, -0.1) is 0 Å². The molecule has 0 unspecified atom stereocenters. The number of amides is 1. The first-order chi connectivity index (χ1) is 13.9. The van der Waals surface area contributed by atoms with Crippen LogP contribution < -0.4 is 5.32 Å². The molecule has 164 valence electrons. The molecule has 0 atom stereocenters. The molecule has 1 aliphatic heterocycles. The van der Waals surface area contributed by atoms with E-state index in [-0.39, 0.29) is 11.8 Å². The number of carbonyl (C=O) groups excluding carboxylic acids is 1. The Kier molecular flexibility index (Phi) is 9.55. The number of rotatable bonds is 11. The Morgan fingerprint density at radius 3 is 2.38 bits per heavy atom. The van der Waals surface area contributed by atoms with Crippen LogP contribution in [0, 0.1) is 5.92 Å². The second-order valence-electron chi connectivity index (χ2n) is 7.65. The lowest BCUT2D eigenvalue weighted by molar-refractivity contribution is -0.126. The average Bonchev–Trinajstić information content (AvgIpc) is 2.73. The van der Waals surface area contributed by atoms with Crippen molar-refractivity contribution in [1.29, 1.82) is 0 Å². The monoisotopic (exact) mass is 426 g/mol. The van der Waals surface area contributed by atoms with Crippen molar-refractivity contribution in [2.24, 2.45) is 5.92 Å². The minimum absolute atomic E-state index is 0.000209. The average molecular weight is 427 g/mol. The second-order valence-corrected chi connectivity index (χ2v) is 9.59. The SMILES string of the molecule is COCCOCCCNC(=O)C1CCN(S(=O)(=O)c2ccc(C(C)C)cc2)CC1. The van der Waals surface area contributed by atoms with Gasteiger partial charge in [-0.2, -0.15) is 4.31 Å². The fourth-order valence-corrected chi connectivity index (χ4v) is 4.78. The zero-order valence-corrected chi connectivity index (χ0v) is 18.5. The van der Waals surface area contributed by atoms with E-state index in [0.717, 1.165) is 12.0 Å². The number of piperidine rings is 1. The van der Waals surface area contributed by atoms with Crippen LogP contribution in [0.3, 0.4) is 0 Å². The Morgan fingerprint density at radius 2 is 1.79 bits per heavy atom. The number of methoxy groups -OCH3 is 1. The lowest BCUT2D eigenvalue weighted by Gasteiger charge is -2.30. The number of nitrogens with zero attached hydrogens (tertiary/aromatic N) is 1. The molecule has 1 heterocycles. The maximum Gasteiger partial charge on any atom is 0.243 e. The summed E-state index contributed by atoms with van der Waals surface area (Å²) in [5.74, 6) is 0.220. The third-order valence-corrected chi connectivity index (χ3v) is 7.12. The normalized spacial score (nSPS) is 16.3. The molecule has 1 saturated heterocycles. The standard InChI is InChI=1S/C21H34N2O5S/c1-17(2)18-5-7-20(8-6-18)29(25,26)23-12-9-19(10-13-23)21(24)22-11-4-14-28-16-15-27-3/h5-8,17,19H,4,9-16H2,1-3H3,(H,22,24). The van der Waals surface area contributed by atoms with E-state index in [1.807, 2.05) is 12.1 Å². The molecule has 1 N–H and O–H groups in total. The highest BCUT2D eigenvalue weighted by Gasteiger charge is 2.31. The van der Waals surface area contributed by atoms with E-state index < -0.39 is 10.0 Å². The molecule has 2 rings (SSSR count). The van der Waals surface area contributed by atoms with Gasteiger partial charge < -0.3 is 14.8 Å². The van der Waals surface area contributed by atoms with Crippen LogP contribution in [0.15, 0.2) is 29.2 Å². The van der Waals surface area contributed by atoms with Crippen LogP contribution in [-0.4, -0.2) is 65.2 Å². The van der Waals surface area contributed by atoms with Gasteiger partial charge >= 0.3 is 0 Å². The van der Waals surface area contributed by atoms with Crippen LogP contribution in [0.1, 0.15) is 44.6 Å². The molecule has 0 bridgehead atoms. The van der Waals surface area contributed by atoms with Gasteiger partial charge in [0.2, 0.25) is 15.9 Å². The molecule has 0 saturated carbocycles. The van der Waals surface area contributed by atoms with Crippen LogP contribution in [0.5, 0.6) is 0 Å². The maximum absolute atomic E-state index is 12.9. The summed E-state index contributed by atoms with van der Waals surface area (Å²) < 4.78 is 37.5. The summed E-state index contributed by atoms with van der Waals surface area (Å²) in [5, 5.41) is 2.93. The molecule has 0 radical (unpaired) electrons. The fraction of sp³-hybridized carbons (Fsp3) is 0.667. The summed E-state index contributed by atoms with van der Waals surface area (Å²) >= 11 is 0. The molecule has 0 aromatic heterocycles. The van der Waals surface area contributed by atoms with Gasteiger partial charge in [0.15, 0.2) is 0 Å². The van der Waals surface area contributed by atoms with Crippen molar-refractivity contribution >= 4 is 15.9 Å². The molecule has 1 aromatic carbocycles. The van der Waals surface area contributed by atoms with Crippen LogP contribution in [0.2, 0.25) is 0 Å². The summed E-state index contributed by atoms with van der Waals surface area (Å²) in [6, 6.07) is 7.10. The first kappa shape index (κ1) is 23.8. The van der Waals surface area contributed by atoms with Gasteiger partial charge in [0, 0.05) is 39.3 Å². The Balaban J connectivity index is 1.76. The first-order valence-corrected chi connectivity index (χ1v) is 11.7. The van der Waals surface area contributed by atoms with Gasteiger partial charge in [-0.3, -0.25) is 4.79 Å². The highest BCUT2D eigenvalue weighted by molar-refractivity contribution is 7.89. The van der Waals surface area contributed by atoms with Crippen molar-refractivity contribution in [1.82, 2.24) is 9.62 Å². The van der Waals surface area contributed by atoms with Crippen LogP contribution in [0.25, 0.3) is 0 Å². The highest BCUT2D eigenvalue weighted by atomic mass is 32.2. The Hall–Kier alpha value is -1.48. The molecule has 1 aromatic rings. The third-order valence-electron chi connectivity index (χ3n) is 5.21. The van der Waals surface area contributed by atoms with Crippen LogP contribution in [-0.2, 0) is 24.3 Å². The van der Waals surface area contributed by atoms with Crippen molar-refractivity contribution in [3.05, 3.63) is 29.8 Å². The predicted molar refractivity (Wildman–Crippen MR) is 112 cm³/mol. The summed E-state index contributed by atoms with van der Waals surface area (Å²) in [6.07, 6.45) is 1.83. The second kappa shape index (κ2) is 11.6. The van der Waals surface area contributed by atoms with E-state index in [2.05, 4.69) is 19.2 Å². The number of nitrogens with one attached hydrogen (secondary N) is 1. The molecule has 29 heavy (non-hydrogen) atoms. The minimum Gasteiger partial charge on any atom is -0.382 e. The fourth-order valence-electron chi connectivity index (χ4n) is 3.31. The molecule has 1 fully saturated rings. The predicted octanol–water partition coefficient (Wildman–Crippen LogP) is 2.38. The van der Waals surface area contributed by atoms with Gasteiger partial charge in [0.1, 0.15) is 0 Å². The van der Waals surface area contributed by atoms with E-state index >= 15 is 0 Å². The van der Waals surface area contributed by atoms with E-state index in [1.54, 1.807) is 19.2 Å². The number of sulfonamides is 1. The first-order valence-electron chi connectivity index (χ1n) is 10.3. The van der Waals surface area contributed by atoms with Gasteiger partial charge in [-0.25, -0.2) is 8.42 Å². The van der Waals surface area contributed by atoms with E-state index in [4.69, 9.17) is 9.47 Å². The van der Waals surface area contributed by atoms with Crippen molar-refractivity contribution in [3.63, 3.8) is 0 Å². The van der Waals surface area contributed by atoms with E-state index in [9.17, 15) is 13.2 Å². The van der Waals surface area contributed by atoms with E-state index in [0.29, 0.717) is 63.1 Å². The number of hydrogen-bond acceptors (Lipinski definition) is 5. The Morgan fingerprint density at radius 1 is 1.14 bits per heavy atom. The maximum atomic E-state index is 12.9. The van der Waals surface area contributed by atoms with Crippen molar-refractivity contribution in [2.75, 3.05) is 46.6 Å². The largest absolute Gasteiger partial charge is 0.382 e. The van der Waals surface area contributed by atoms with Crippen molar-refractivity contribution < 1.29 is 22.7 Å². The molecule has 8 heteroatoms. The quantitative estimate of drug-likeness (QED) is 0.549. The van der Waals surface area contributed by atoms with Crippen LogP contribution >= 0.6 is 0 Å². The lowest BCUT2D eigenvalue weighted by atomic mass is 9.97. The summed E-state index contributed by atoms with van der Waals surface area (Å²) in [4.78, 5) is 12.6. The topological polar surface area (TPSA) is 84.9 Å². The van der Waals surface area contributed by atoms with Gasteiger partial charge in [0.05, 0.1) is 18.1 Å². The number of ether oxygens (including phenoxy) is 2. The highest BCUT2D eigenvalue weighted by Crippen LogP contribution is 2.25. The zero-order valence-electron chi connectivity index (χ0n) is 17.7. The molecule has 1 aliphatic rings.